The second-order valence-electron chi connectivity index (χ2n) is 7.24. The SMILES string of the molecule is CN(Cc1nccn1C)CC1CCC(CNC(C)(C)C)O1. The molecule has 0 radical (unpaired) electrons. The lowest BCUT2D eigenvalue weighted by Gasteiger charge is -2.24. The Balaban J connectivity index is 1.71. The largest absolute Gasteiger partial charge is 0.372 e. The first kappa shape index (κ1) is 16.5. The third kappa shape index (κ3) is 5.41. The van der Waals surface area contributed by atoms with Crippen molar-refractivity contribution >= 4 is 0 Å². The Kier molecular flexibility index (Phi) is 5.41. The van der Waals surface area contributed by atoms with E-state index in [0.717, 1.165) is 38.3 Å². The van der Waals surface area contributed by atoms with E-state index < -0.39 is 0 Å². The summed E-state index contributed by atoms with van der Waals surface area (Å²) < 4.78 is 8.22. The molecule has 0 aliphatic carbocycles. The highest BCUT2D eigenvalue weighted by Gasteiger charge is 2.27. The van der Waals surface area contributed by atoms with Crippen molar-refractivity contribution in [2.24, 2.45) is 7.05 Å². The van der Waals surface area contributed by atoms with Gasteiger partial charge in [-0.3, -0.25) is 4.90 Å². The van der Waals surface area contributed by atoms with Crippen LogP contribution in [0.4, 0.5) is 0 Å². The lowest BCUT2D eigenvalue weighted by molar-refractivity contribution is 0.0236. The highest BCUT2D eigenvalue weighted by molar-refractivity contribution is 4.91. The fourth-order valence-electron chi connectivity index (χ4n) is 2.69. The van der Waals surface area contributed by atoms with Crippen molar-refractivity contribution in [2.45, 2.75) is 57.9 Å². The molecule has 2 heterocycles. The predicted octanol–water partition coefficient (Wildman–Crippen LogP) is 1.79. The first-order valence-corrected chi connectivity index (χ1v) is 7.89. The summed E-state index contributed by atoms with van der Waals surface area (Å²) in [7, 11) is 4.18. The molecule has 1 aliphatic heterocycles. The monoisotopic (exact) mass is 294 g/mol. The first-order chi connectivity index (χ1) is 9.83. The normalized spacial score (nSPS) is 23.1. The number of hydrogen-bond donors (Lipinski definition) is 1. The van der Waals surface area contributed by atoms with E-state index in [1.54, 1.807) is 0 Å². The van der Waals surface area contributed by atoms with Crippen LogP contribution in [0.1, 0.15) is 39.4 Å². The molecule has 1 fully saturated rings. The van der Waals surface area contributed by atoms with Crippen LogP contribution in [-0.4, -0.2) is 52.3 Å². The van der Waals surface area contributed by atoms with Crippen molar-refractivity contribution in [2.75, 3.05) is 20.1 Å². The third-order valence-corrected chi connectivity index (χ3v) is 3.90. The average molecular weight is 294 g/mol. The molecule has 21 heavy (non-hydrogen) atoms. The lowest BCUT2D eigenvalue weighted by Crippen LogP contribution is -2.41. The summed E-state index contributed by atoms with van der Waals surface area (Å²) in [6.07, 6.45) is 6.86. The van der Waals surface area contributed by atoms with Gasteiger partial charge >= 0.3 is 0 Å². The van der Waals surface area contributed by atoms with Crippen LogP contribution in [0.25, 0.3) is 0 Å². The number of hydrogen-bond acceptors (Lipinski definition) is 4. The van der Waals surface area contributed by atoms with Gasteiger partial charge < -0.3 is 14.6 Å². The van der Waals surface area contributed by atoms with Crippen molar-refractivity contribution in [1.29, 1.82) is 0 Å². The number of likely N-dealkylation sites (N-methyl/N-ethyl adjacent to an activating group) is 1. The van der Waals surface area contributed by atoms with Gasteiger partial charge in [0, 0.05) is 38.1 Å². The van der Waals surface area contributed by atoms with E-state index >= 15 is 0 Å². The van der Waals surface area contributed by atoms with E-state index in [0.29, 0.717) is 12.2 Å². The summed E-state index contributed by atoms with van der Waals surface area (Å²) >= 11 is 0. The molecule has 0 spiro atoms. The van der Waals surface area contributed by atoms with Gasteiger partial charge in [-0.2, -0.15) is 0 Å². The third-order valence-electron chi connectivity index (χ3n) is 3.90. The molecule has 1 aliphatic rings. The van der Waals surface area contributed by atoms with Crippen LogP contribution in [0.5, 0.6) is 0 Å². The maximum atomic E-state index is 6.15. The van der Waals surface area contributed by atoms with E-state index in [1.165, 1.54) is 0 Å². The molecule has 2 rings (SSSR count). The molecule has 1 N–H and O–H groups in total. The summed E-state index contributed by atoms with van der Waals surface area (Å²) in [5.41, 5.74) is 0.163. The zero-order valence-electron chi connectivity index (χ0n) is 14.1. The van der Waals surface area contributed by atoms with Gasteiger partial charge in [0.25, 0.3) is 0 Å². The van der Waals surface area contributed by atoms with Crippen molar-refractivity contribution in [3.8, 4) is 0 Å². The molecule has 120 valence electrons. The molecule has 0 amide bonds. The van der Waals surface area contributed by atoms with E-state index in [1.807, 2.05) is 19.4 Å². The van der Waals surface area contributed by atoms with Crippen LogP contribution >= 0.6 is 0 Å². The number of ether oxygens (including phenoxy) is 1. The number of rotatable bonds is 6. The number of nitrogens with one attached hydrogen (secondary N) is 1. The highest BCUT2D eigenvalue weighted by Crippen LogP contribution is 2.20. The molecular weight excluding hydrogens is 264 g/mol. The molecule has 0 aromatic carbocycles. The molecule has 1 aromatic rings. The van der Waals surface area contributed by atoms with Crippen molar-refractivity contribution in [1.82, 2.24) is 19.8 Å². The van der Waals surface area contributed by atoms with Crippen LogP contribution in [0, 0.1) is 0 Å². The smallest absolute Gasteiger partial charge is 0.122 e. The maximum Gasteiger partial charge on any atom is 0.122 e. The van der Waals surface area contributed by atoms with Gasteiger partial charge in [-0.25, -0.2) is 4.98 Å². The summed E-state index contributed by atoms with van der Waals surface area (Å²) in [4.78, 5) is 6.67. The van der Waals surface area contributed by atoms with Crippen LogP contribution < -0.4 is 5.32 Å². The Bertz CT molecular complexity index is 438. The summed E-state index contributed by atoms with van der Waals surface area (Å²) in [5, 5.41) is 3.53. The van der Waals surface area contributed by atoms with Crippen molar-refractivity contribution in [3.63, 3.8) is 0 Å². The van der Waals surface area contributed by atoms with Crippen LogP contribution in [0.3, 0.4) is 0 Å². The number of aryl methyl sites for hydroxylation is 1. The quantitative estimate of drug-likeness (QED) is 0.868. The second kappa shape index (κ2) is 6.90. The Labute approximate surface area is 128 Å². The molecule has 2 unspecified atom stereocenters. The van der Waals surface area contributed by atoms with Gasteiger partial charge in [-0.1, -0.05) is 0 Å². The zero-order valence-corrected chi connectivity index (χ0v) is 14.1. The molecule has 5 nitrogen and oxygen atoms in total. The van der Waals surface area contributed by atoms with E-state index in [2.05, 4.69) is 47.6 Å². The van der Waals surface area contributed by atoms with Crippen molar-refractivity contribution in [3.05, 3.63) is 18.2 Å². The van der Waals surface area contributed by atoms with Crippen LogP contribution in [0.2, 0.25) is 0 Å². The Morgan fingerprint density at radius 2 is 2.10 bits per heavy atom. The van der Waals surface area contributed by atoms with E-state index in [-0.39, 0.29) is 5.54 Å². The molecule has 1 saturated heterocycles. The summed E-state index contributed by atoms with van der Waals surface area (Å²) in [5.74, 6) is 1.10. The predicted molar refractivity (Wildman–Crippen MR) is 85.2 cm³/mol. The van der Waals surface area contributed by atoms with Crippen LogP contribution in [0.15, 0.2) is 12.4 Å². The fraction of sp³-hybridized carbons (Fsp3) is 0.812. The highest BCUT2D eigenvalue weighted by atomic mass is 16.5. The standard InChI is InChI=1S/C16H30N4O/c1-16(2,3)18-10-13-6-7-14(21-13)11-19(4)12-15-17-8-9-20(15)5/h8-9,13-14,18H,6-7,10-12H2,1-5H3. The first-order valence-electron chi connectivity index (χ1n) is 7.89. The van der Waals surface area contributed by atoms with Gasteiger partial charge in [0.1, 0.15) is 5.82 Å². The fourth-order valence-corrected chi connectivity index (χ4v) is 2.69. The van der Waals surface area contributed by atoms with Crippen molar-refractivity contribution < 1.29 is 4.74 Å². The lowest BCUT2D eigenvalue weighted by atomic mass is 10.1. The molecule has 1 aromatic heterocycles. The van der Waals surface area contributed by atoms with Gasteiger partial charge in [-0.15, -0.1) is 0 Å². The molecule has 5 heteroatoms. The van der Waals surface area contributed by atoms with E-state index in [9.17, 15) is 0 Å². The maximum absolute atomic E-state index is 6.15. The van der Waals surface area contributed by atoms with Gasteiger partial charge in [0.05, 0.1) is 18.8 Å². The van der Waals surface area contributed by atoms with Gasteiger partial charge in [-0.05, 0) is 40.7 Å². The zero-order chi connectivity index (χ0) is 15.5. The molecule has 0 bridgehead atoms. The number of nitrogens with zero attached hydrogens (tertiary/aromatic N) is 3. The topological polar surface area (TPSA) is 42.3 Å². The van der Waals surface area contributed by atoms with E-state index in [4.69, 9.17) is 4.74 Å². The Hall–Kier alpha value is -0.910. The summed E-state index contributed by atoms with van der Waals surface area (Å²) in [6, 6.07) is 0. The van der Waals surface area contributed by atoms with Gasteiger partial charge in [0.2, 0.25) is 0 Å². The molecule has 2 atom stereocenters. The second-order valence-corrected chi connectivity index (χ2v) is 7.24. The van der Waals surface area contributed by atoms with Crippen LogP contribution in [-0.2, 0) is 18.3 Å². The minimum absolute atomic E-state index is 0.163. The average Bonchev–Trinajstić information content (AvgIpc) is 2.96. The molecule has 0 saturated carbocycles. The molecular formula is C16H30N4O. The van der Waals surface area contributed by atoms with Gasteiger partial charge in [0.15, 0.2) is 0 Å². The summed E-state index contributed by atoms with van der Waals surface area (Å²) in [6.45, 7) is 9.37. The number of aromatic nitrogens is 2. The Morgan fingerprint density at radius 1 is 1.38 bits per heavy atom. The number of imidazole rings is 1. The minimum Gasteiger partial charge on any atom is -0.372 e. The Morgan fingerprint density at radius 3 is 2.71 bits per heavy atom. The minimum atomic E-state index is 0.163.